The zero-order valence-corrected chi connectivity index (χ0v) is 12.6. The largest absolute Gasteiger partial charge is 0.353 e. The SMILES string of the molecule is CCCC1CCC(NC(=O)C2(C)CCCC2N)CC1. The van der Waals surface area contributed by atoms with Crippen molar-refractivity contribution in [2.45, 2.75) is 83.7 Å². The summed E-state index contributed by atoms with van der Waals surface area (Å²) in [5.41, 5.74) is 5.80. The second kappa shape index (κ2) is 6.25. The molecule has 2 rings (SSSR count). The van der Waals surface area contributed by atoms with Gasteiger partial charge in [-0.05, 0) is 51.4 Å². The Hall–Kier alpha value is -0.570. The van der Waals surface area contributed by atoms with Crippen LogP contribution in [0.4, 0.5) is 0 Å². The average molecular weight is 266 g/mol. The van der Waals surface area contributed by atoms with E-state index in [1.54, 1.807) is 0 Å². The smallest absolute Gasteiger partial charge is 0.227 e. The monoisotopic (exact) mass is 266 g/mol. The van der Waals surface area contributed by atoms with Gasteiger partial charge in [0.25, 0.3) is 0 Å². The summed E-state index contributed by atoms with van der Waals surface area (Å²) in [6, 6.07) is 0.439. The maximum absolute atomic E-state index is 12.5. The minimum Gasteiger partial charge on any atom is -0.353 e. The summed E-state index contributed by atoms with van der Waals surface area (Å²) in [6.45, 7) is 4.30. The number of amides is 1. The zero-order chi connectivity index (χ0) is 13.9. The highest BCUT2D eigenvalue weighted by Gasteiger charge is 2.43. The van der Waals surface area contributed by atoms with Crippen LogP contribution >= 0.6 is 0 Å². The predicted octanol–water partition coefficient (Wildman–Crippen LogP) is 2.98. The summed E-state index contributed by atoms with van der Waals surface area (Å²) in [4.78, 5) is 12.5. The molecule has 3 heteroatoms. The molecule has 19 heavy (non-hydrogen) atoms. The van der Waals surface area contributed by atoms with Crippen LogP contribution in [0.2, 0.25) is 0 Å². The number of hydrogen-bond acceptors (Lipinski definition) is 2. The minimum absolute atomic E-state index is 0.0453. The maximum Gasteiger partial charge on any atom is 0.227 e. The first kappa shape index (κ1) is 14.8. The summed E-state index contributed by atoms with van der Waals surface area (Å²) in [7, 11) is 0. The Bertz CT molecular complexity index is 310. The van der Waals surface area contributed by atoms with Crippen molar-refractivity contribution in [1.82, 2.24) is 5.32 Å². The standard InChI is InChI=1S/C16H30N2O/c1-3-5-12-7-9-13(10-8-12)18-15(19)16(2)11-4-6-14(16)17/h12-14H,3-11,17H2,1-2H3,(H,18,19). The van der Waals surface area contributed by atoms with E-state index in [2.05, 4.69) is 12.2 Å². The maximum atomic E-state index is 12.5. The number of carbonyl (C=O) groups is 1. The summed E-state index contributed by atoms with van der Waals surface area (Å²) in [5, 5.41) is 3.28. The molecule has 0 saturated heterocycles. The van der Waals surface area contributed by atoms with E-state index >= 15 is 0 Å². The number of nitrogens with two attached hydrogens (primary N) is 1. The van der Waals surface area contributed by atoms with Crippen LogP contribution in [0, 0.1) is 11.3 Å². The third-order valence-corrected chi connectivity index (χ3v) is 5.43. The van der Waals surface area contributed by atoms with Gasteiger partial charge in [-0.1, -0.05) is 26.2 Å². The number of hydrogen-bond donors (Lipinski definition) is 2. The van der Waals surface area contributed by atoms with Gasteiger partial charge in [-0.15, -0.1) is 0 Å². The molecule has 0 heterocycles. The molecule has 0 radical (unpaired) electrons. The molecule has 0 aromatic heterocycles. The van der Waals surface area contributed by atoms with E-state index in [9.17, 15) is 4.79 Å². The van der Waals surface area contributed by atoms with Gasteiger partial charge in [0.1, 0.15) is 0 Å². The third-order valence-electron chi connectivity index (χ3n) is 5.43. The number of nitrogens with one attached hydrogen (secondary N) is 1. The lowest BCUT2D eigenvalue weighted by Gasteiger charge is -2.33. The van der Waals surface area contributed by atoms with Crippen LogP contribution in [0.1, 0.15) is 71.6 Å². The number of carbonyl (C=O) groups excluding carboxylic acids is 1. The topological polar surface area (TPSA) is 55.1 Å². The Morgan fingerprint density at radius 1 is 1.26 bits per heavy atom. The Kier molecular flexibility index (Phi) is 4.88. The first-order valence-corrected chi connectivity index (χ1v) is 8.12. The van der Waals surface area contributed by atoms with Crippen LogP contribution in [-0.4, -0.2) is 18.0 Å². The molecule has 0 spiro atoms. The first-order chi connectivity index (χ1) is 9.06. The molecule has 2 saturated carbocycles. The lowest BCUT2D eigenvalue weighted by molar-refractivity contribution is -0.131. The van der Waals surface area contributed by atoms with Crippen LogP contribution in [0.5, 0.6) is 0 Å². The van der Waals surface area contributed by atoms with Crippen LogP contribution in [0.3, 0.4) is 0 Å². The summed E-state index contributed by atoms with van der Waals surface area (Å²) in [5.74, 6) is 1.10. The van der Waals surface area contributed by atoms with Crippen molar-refractivity contribution in [3.05, 3.63) is 0 Å². The Balaban J connectivity index is 1.81. The molecule has 1 amide bonds. The van der Waals surface area contributed by atoms with E-state index in [1.807, 2.05) is 6.92 Å². The van der Waals surface area contributed by atoms with Gasteiger partial charge in [-0.25, -0.2) is 0 Å². The zero-order valence-electron chi connectivity index (χ0n) is 12.6. The molecule has 2 unspecified atom stereocenters. The van der Waals surface area contributed by atoms with Crippen molar-refractivity contribution in [3.8, 4) is 0 Å². The molecular weight excluding hydrogens is 236 g/mol. The highest BCUT2D eigenvalue weighted by Crippen LogP contribution is 2.37. The molecule has 2 atom stereocenters. The molecule has 110 valence electrons. The Morgan fingerprint density at radius 2 is 1.95 bits per heavy atom. The van der Waals surface area contributed by atoms with Crippen LogP contribution in [0.15, 0.2) is 0 Å². The average Bonchev–Trinajstić information content (AvgIpc) is 2.74. The number of rotatable bonds is 4. The molecule has 2 fully saturated rings. The predicted molar refractivity (Wildman–Crippen MR) is 78.7 cm³/mol. The van der Waals surface area contributed by atoms with Gasteiger partial charge in [0.05, 0.1) is 5.41 Å². The molecule has 2 aliphatic carbocycles. The first-order valence-electron chi connectivity index (χ1n) is 8.12. The van der Waals surface area contributed by atoms with Gasteiger partial charge in [0, 0.05) is 12.1 Å². The van der Waals surface area contributed by atoms with Crippen molar-refractivity contribution in [3.63, 3.8) is 0 Å². The van der Waals surface area contributed by atoms with E-state index in [1.165, 1.54) is 25.7 Å². The van der Waals surface area contributed by atoms with Gasteiger partial charge < -0.3 is 11.1 Å². The van der Waals surface area contributed by atoms with Crippen LogP contribution in [-0.2, 0) is 4.79 Å². The highest BCUT2D eigenvalue weighted by molar-refractivity contribution is 5.83. The molecule has 3 N–H and O–H groups in total. The fourth-order valence-electron chi connectivity index (χ4n) is 3.83. The fraction of sp³-hybridized carbons (Fsp3) is 0.938. The molecule has 0 aliphatic heterocycles. The van der Waals surface area contributed by atoms with Gasteiger partial charge in [0.15, 0.2) is 0 Å². The van der Waals surface area contributed by atoms with Crippen LogP contribution in [0.25, 0.3) is 0 Å². The quantitative estimate of drug-likeness (QED) is 0.822. The van der Waals surface area contributed by atoms with E-state index < -0.39 is 0 Å². The van der Waals surface area contributed by atoms with E-state index in [4.69, 9.17) is 5.73 Å². The molecule has 3 nitrogen and oxygen atoms in total. The summed E-state index contributed by atoms with van der Waals surface area (Å²) >= 11 is 0. The lowest BCUT2D eigenvalue weighted by Crippen LogP contribution is -2.50. The van der Waals surface area contributed by atoms with Crippen molar-refractivity contribution in [2.75, 3.05) is 0 Å². The van der Waals surface area contributed by atoms with Crippen molar-refractivity contribution in [2.24, 2.45) is 17.1 Å². The Labute approximate surface area is 117 Å². The van der Waals surface area contributed by atoms with Crippen LogP contribution < -0.4 is 11.1 Å². The van der Waals surface area contributed by atoms with Gasteiger partial charge >= 0.3 is 0 Å². The van der Waals surface area contributed by atoms with Crippen molar-refractivity contribution >= 4 is 5.91 Å². The molecule has 0 bridgehead atoms. The Morgan fingerprint density at radius 3 is 2.47 bits per heavy atom. The van der Waals surface area contributed by atoms with E-state index in [0.717, 1.165) is 38.0 Å². The minimum atomic E-state index is -0.319. The highest BCUT2D eigenvalue weighted by atomic mass is 16.2. The molecular formula is C16H30N2O. The third kappa shape index (κ3) is 3.31. The van der Waals surface area contributed by atoms with E-state index in [-0.39, 0.29) is 17.4 Å². The second-order valence-electron chi connectivity index (χ2n) is 6.90. The second-order valence-corrected chi connectivity index (χ2v) is 6.90. The van der Waals surface area contributed by atoms with Gasteiger partial charge in [-0.3, -0.25) is 4.79 Å². The van der Waals surface area contributed by atoms with Gasteiger partial charge in [0.2, 0.25) is 5.91 Å². The van der Waals surface area contributed by atoms with E-state index in [0.29, 0.717) is 6.04 Å². The van der Waals surface area contributed by atoms with Gasteiger partial charge in [-0.2, -0.15) is 0 Å². The van der Waals surface area contributed by atoms with Crippen molar-refractivity contribution < 1.29 is 4.79 Å². The molecule has 0 aromatic rings. The normalized spacial score (nSPS) is 39.2. The summed E-state index contributed by atoms with van der Waals surface area (Å²) in [6.07, 6.45) is 10.5. The lowest BCUT2D eigenvalue weighted by atomic mass is 9.81. The fourth-order valence-corrected chi connectivity index (χ4v) is 3.83. The van der Waals surface area contributed by atoms with Crippen molar-refractivity contribution in [1.29, 1.82) is 0 Å². The molecule has 0 aromatic carbocycles. The molecule has 2 aliphatic rings. The summed E-state index contributed by atoms with van der Waals surface area (Å²) < 4.78 is 0.